The van der Waals surface area contributed by atoms with E-state index < -0.39 is 0 Å². The molecular formula is C15H16N2O3. The Kier molecular flexibility index (Phi) is 3.26. The third-order valence-corrected chi connectivity index (χ3v) is 3.66. The number of hydrogen-bond donors (Lipinski definition) is 0. The van der Waals surface area contributed by atoms with E-state index in [1.54, 1.807) is 12.3 Å². The summed E-state index contributed by atoms with van der Waals surface area (Å²) in [5.74, 6) is -0.138. The molecule has 3 rings (SSSR count). The summed E-state index contributed by atoms with van der Waals surface area (Å²) in [7, 11) is 0. The van der Waals surface area contributed by atoms with Crippen LogP contribution >= 0.6 is 0 Å². The van der Waals surface area contributed by atoms with Gasteiger partial charge in [-0.25, -0.2) is 4.98 Å². The smallest absolute Gasteiger partial charge is 0.309 e. The van der Waals surface area contributed by atoms with Crippen molar-refractivity contribution in [2.24, 2.45) is 5.92 Å². The van der Waals surface area contributed by atoms with Crippen LogP contribution in [0.2, 0.25) is 0 Å². The van der Waals surface area contributed by atoms with Gasteiger partial charge in [0.15, 0.2) is 0 Å². The van der Waals surface area contributed by atoms with Crippen molar-refractivity contribution in [2.75, 3.05) is 0 Å². The molecule has 5 nitrogen and oxygen atoms in total. The first-order valence-corrected chi connectivity index (χ1v) is 6.79. The van der Waals surface area contributed by atoms with E-state index >= 15 is 0 Å². The second-order valence-corrected chi connectivity index (χ2v) is 5.26. The third kappa shape index (κ3) is 2.43. The maximum atomic E-state index is 12.0. The Morgan fingerprint density at radius 2 is 2.25 bits per heavy atom. The lowest BCUT2D eigenvalue weighted by molar-refractivity contribution is -0.152. The Morgan fingerprint density at radius 3 is 2.95 bits per heavy atom. The number of pyridine rings is 1. The third-order valence-electron chi connectivity index (χ3n) is 3.66. The number of aromatic nitrogens is 2. The molecule has 0 spiro atoms. The Bertz CT molecular complexity index is 717. The van der Waals surface area contributed by atoms with Crippen LogP contribution in [-0.4, -0.2) is 15.4 Å². The second-order valence-electron chi connectivity index (χ2n) is 5.26. The van der Waals surface area contributed by atoms with Crippen LogP contribution in [0, 0.1) is 12.8 Å². The van der Waals surface area contributed by atoms with E-state index in [1.165, 1.54) is 10.5 Å². The zero-order valence-corrected chi connectivity index (χ0v) is 11.3. The summed E-state index contributed by atoms with van der Waals surface area (Å²) in [6.07, 6.45) is 4.65. The van der Waals surface area contributed by atoms with Crippen LogP contribution in [0.25, 0.3) is 5.65 Å². The number of fused-ring (bicyclic) bond motifs is 1. The molecule has 2 aromatic heterocycles. The number of esters is 1. The molecule has 1 aliphatic rings. The first-order valence-electron chi connectivity index (χ1n) is 6.79. The van der Waals surface area contributed by atoms with Gasteiger partial charge in [0.25, 0.3) is 5.56 Å². The fourth-order valence-electron chi connectivity index (χ4n) is 2.24. The Balaban J connectivity index is 1.80. The number of ether oxygens (including phenoxy) is 1. The normalized spacial score (nSPS) is 15.1. The van der Waals surface area contributed by atoms with E-state index in [2.05, 4.69) is 4.98 Å². The van der Waals surface area contributed by atoms with Gasteiger partial charge in [-0.1, -0.05) is 12.5 Å². The van der Waals surface area contributed by atoms with Crippen molar-refractivity contribution < 1.29 is 9.53 Å². The lowest BCUT2D eigenvalue weighted by Crippen LogP contribution is -2.24. The molecule has 104 valence electrons. The van der Waals surface area contributed by atoms with E-state index in [1.807, 2.05) is 13.0 Å². The van der Waals surface area contributed by atoms with Gasteiger partial charge in [-0.15, -0.1) is 0 Å². The second kappa shape index (κ2) is 5.07. The van der Waals surface area contributed by atoms with Crippen molar-refractivity contribution in [3.63, 3.8) is 0 Å². The number of aryl methyl sites for hydroxylation is 1. The highest BCUT2D eigenvalue weighted by Crippen LogP contribution is 2.27. The number of nitrogens with zero attached hydrogens (tertiary/aromatic N) is 2. The number of carbonyl (C=O) groups is 1. The Hall–Kier alpha value is -2.17. The molecule has 5 heteroatoms. The van der Waals surface area contributed by atoms with Gasteiger partial charge in [0.1, 0.15) is 12.3 Å². The van der Waals surface area contributed by atoms with Crippen LogP contribution in [0.1, 0.15) is 30.5 Å². The minimum Gasteiger partial charge on any atom is -0.459 e. The predicted octanol–water partition coefficient (Wildman–Crippen LogP) is 1.85. The molecular weight excluding hydrogens is 256 g/mol. The number of rotatable bonds is 3. The van der Waals surface area contributed by atoms with Gasteiger partial charge in [0, 0.05) is 12.3 Å². The van der Waals surface area contributed by atoms with Gasteiger partial charge >= 0.3 is 5.97 Å². The highest BCUT2D eigenvalue weighted by atomic mass is 16.5. The largest absolute Gasteiger partial charge is 0.459 e. The summed E-state index contributed by atoms with van der Waals surface area (Å²) >= 11 is 0. The molecule has 0 aliphatic heterocycles. The van der Waals surface area contributed by atoms with E-state index in [0.29, 0.717) is 11.3 Å². The average molecular weight is 272 g/mol. The van der Waals surface area contributed by atoms with Crippen molar-refractivity contribution in [3.8, 4) is 0 Å². The molecule has 0 radical (unpaired) electrons. The standard InChI is InChI=1S/C15H16N2O3/c1-10-5-6-13-16-12(7-14(18)17(13)8-10)9-20-15(19)11-3-2-4-11/h5-8,11H,2-4,9H2,1H3. The summed E-state index contributed by atoms with van der Waals surface area (Å²) in [5, 5.41) is 0. The number of carbonyl (C=O) groups excluding carboxylic acids is 1. The zero-order valence-electron chi connectivity index (χ0n) is 11.3. The van der Waals surface area contributed by atoms with Crippen molar-refractivity contribution in [1.29, 1.82) is 0 Å². The lowest BCUT2D eigenvalue weighted by atomic mass is 9.86. The number of hydrogen-bond acceptors (Lipinski definition) is 4. The Labute approximate surface area is 116 Å². The van der Waals surface area contributed by atoms with Gasteiger partial charge in [0.2, 0.25) is 0 Å². The molecule has 1 aliphatic carbocycles. The summed E-state index contributed by atoms with van der Waals surface area (Å²) in [4.78, 5) is 28.0. The molecule has 2 heterocycles. The van der Waals surface area contributed by atoms with Crippen molar-refractivity contribution in [2.45, 2.75) is 32.8 Å². The molecule has 0 bridgehead atoms. The first kappa shape index (κ1) is 12.8. The van der Waals surface area contributed by atoms with Crippen LogP contribution in [0.15, 0.2) is 29.2 Å². The van der Waals surface area contributed by atoms with Gasteiger partial charge < -0.3 is 4.74 Å². The molecule has 1 fully saturated rings. The van der Waals surface area contributed by atoms with E-state index in [9.17, 15) is 9.59 Å². The highest BCUT2D eigenvalue weighted by Gasteiger charge is 2.26. The maximum Gasteiger partial charge on any atom is 0.309 e. The molecule has 0 atom stereocenters. The van der Waals surface area contributed by atoms with Crippen LogP contribution < -0.4 is 5.56 Å². The Morgan fingerprint density at radius 1 is 1.45 bits per heavy atom. The fourth-order valence-corrected chi connectivity index (χ4v) is 2.24. The summed E-state index contributed by atoms with van der Waals surface area (Å²) < 4.78 is 6.70. The van der Waals surface area contributed by atoms with Crippen molar-refractivity contribution in [1.82, 2.24) is 9.38 Å². The highest BCUT2D eigenvalue weighted by molar-refractivity contribution is 5.73. The molecule has 1 saturated carbocycles. The fraction of sp³-hybridized carbons (Fsp3) is 0.400. The van der Waals surface area contributed by atoms with Crippen LogP contribution in [0.3, 0.4) is 0 Å². The average Bonchev–Trinajstić information content (AvgIpc) is 2.35. The van der Waals surface area contributed by atoms with Crippen LogP contribution in [0.4, 0.5) is 0 Å². The molecule has 0 saturated heterocycles. The van der Waals surface area contributed by atoms with Gasteiger partial charge in [0.05, 0.1) is 11.6 Å². The molecule has 20 heavy (non-hydrogen) atoms. The minimum absolute atomic E-state index is 0.0409. The molecule has 0 aromatic carbocycles. The molecule has 0 N–H and O–H groups in total. The summed E-state index contributed by atoms with van der Waals surface area (Å²) in [5.41, 5.74) is 1.89. The van der Waals surface area contributed by atoms with Crippen molar-refractivity contribution >= 4 is 11.6 Å². The first-order chi connectivity index (χ1) is 9.63. The maximum absolute atomic E-state index is 12.0. The SMILES string of the molecule is Cc1ccc2nc(COC(=O)C3CCC3)cc(=O)n2c1. The van der Waals surface area contributed by atoms with Gasteiger partial charge in [-0.05, 0) is 31.4 Å². The molecule has 0 unspecified atom stereocenters. The predicted molar refractivity (Wildman–Crippen MR) is 73.3 cm³/mol. The van der Waals surface area contributed by atoms with Crippen LogP contribution in [-0.2, 0) is 16.1 Å². The van der Waals surface area contributed by atoms with Gasteiger partial charge in [-0.2, -0.15) is 0 Å². The lowest BCUT2D eigenvalue weighted by Gasteiger charge is -2.22. The van der Waals surface area contributed by atoms with E-state index in [4.69, 9.17) is 4.74 Å². The quantitative estimate of drug-likeness (QED) is 0.800. The monoisotopic (exact) mass is 272 g/mol. The summed E-state index contributed by atoms with van der Waals surface area (Å²) in [6, 6.07) is 5.10. The van der Waals surface area contributed by atoms with E-state index in [0.717, 1.165) is 24.8 Å². The topological polar surface area (TPSA) is 60.7 Å². The summed E-state index contributed by atoms with van der Waals surface area (Å²) in [6.45, 7) is 1.98. The van der Waals surface area contributed by atoms with Gasteiger partial charge in [-0.3, -0.25) is 14.0 Å². The zero-order chi connectivity index (χ0) is 14.1. The molecule has 0 amide bonds. The minimum atomic E-state index is -0.179. The van der Waals surface area contributed by atoms with Crippen LogP contribution in [0.5, 0.6) is 0 Å². The van der Waals surface area contributed by atoms with E-state index in [-0.39, 0.29) is 24.1 Å². The van der Waals surface area contributed by atoms with Crippen molar-refractivity contribution in [3.05, 3.63) is 46.0 Å². The molecule has 2 aromatic rings.